The highest BCUT2D eigenvalue weighted by molar-refractivity contribution is 5.94. The van der Waals surface area contributed by atoms with Crippen LogP contribution in [0.5, 0.6) is 0 Å². The minimum absolute atomic E-state index is 0.123. The lowest BCUT2D eigenvalue weighted by atomic mass is 10.1. The van der Waals surface area contributed by atoms with E-state index in [1.165, 1.54) is 0 Å². The molecule has 16 heavy (non-hydrogen) atoms. The van der Waals surface area contributed by atoms with Crippen LogP contribution in [0.1, 0.15) is 25.3 Å². The lowest BCUT2D eigenvalue weighted by Gasteiger charge is -2.30. The van der Waals surface area contributed by atoms with E-state index in [1.54, 1.807) is 6.21 Å². The van der Waals surface area contributed by atoms with E-state index in [0.29, 0.717) is 23.6 Å². The molecular weight excluding hydrogens is 206 g/mol. The third-order valence-electron chi connectivity index (χ3n) is 2.38. The van der Waals surface area contributed by atoms with Crippen LogP contribution >= 0.6 is 0 Å². The fourth-order valence-electron chi connectivity index (χ4n) is 1.65. The van der Waals surface area contributed by atoms with E-state index in [0.717, 1.165) is 6.42 Å². The average Bonchev–Trinajstić information content (AvgIpc) is 2.15. The lowest BCUT2D eigenvalue weighted by Crippen LogP contribution is -2.48. The highest BCUT2D eigenvalue weighted by Crippen LogP contribution is 2.26. The van der Waals surface area contributed by atoms with Crippen molar-refractivity contribution >= 4 is 23.8 Å². The Hall–Kier alpha value is -1.89. The van der Waals surface area contributed by atoms with Gasteiger partial charge in [-0.25, -0.2) is 0 Å². The number of fused-ring (bicyclic) bond motifs is 1. The van der Waals surface area contributed by atoms with Crippen molar-refractivity contribution in [3.05, 3.63) is 5.56 Å². The predicted molar refractivity (Wildman–Crippen MR) is 63.9 cm³/mol. The van der Waals surface area contributed by atoms with Crippen molar-refractivity contribution in [1.82, 2.24) is 9.97 Å². The van der Waals surface area contributed by atoms with Crippen LogP contribution in [0.4, 0.5) is 17.6 Å². The van der Waals surface area contributed by atoms with Crippen molar-refractivity contribution in [3.8, 4) is 0 Å². The maximum atomic E-state index is 6.03. The number of nitrogens with one attached hydrogen (secondary N) is 1. The second kappa shape index (κ2) is 3.60. The van der Waals surface area contributed by atoms with Gasteiger partial charge >= 0.3 is 0 Å². The van der Waals surface area contributed by atoms with Gasteiger partial charge in [0.05, 0.1) is 5.56 Å². The molecule has 0 amide bonds. The van der Waals surface area contributed by atoms with E-state index in [2.05, 4.69) is 20.3 Å². The zero-order chi connectivity index (χ0) is 11.8. The van der Waals surface area contributed by atoms with Gasteiger partial charge in [-0.3, -0.25) is 10.7 Å². The quantitative estimate of drug-likeness (QED) is 0.552. The minimum Gasteiger partial charge on any atom is -0.383 e. The number of rotatable bonds is 2. The molecule has 0 bridgehead atoms. The van der Waals surface area contributed by atoms with Crippen molar-refractivity contribution in [2.45, 2.75) is 25.6 Å². The van der Waals surface area contributed by atoms with E-state index in [9.17, 15) is 0 Å². The zero-order valence-corrected chi connectivity index (χ0v) is 9.07. The first-order chi connectivity index (χ1) is 7.54. The van der Waals surface area contributed by atoms with Crippen LogP contribution in [-0.2, 0) is 0 Å². The number of nitrogens with two attached hydrogens (primary N) is 3. The Morgan fingerprint density at radius 1 is 1.38 bits per heavy atom. The highest BCUT2D eigenvalue weighted by atomic mass is 15.3. The SMILES string of the molecule is CCCC1(N)N=Cc2c(N)nc(N)nc2N1. The van der Waals surface area contributed by atoms with Crippen LogP contribution < -0.4 is 22.5 Å². The third kappa shape index (κ3) is 1.76. The molecule has 1 aliphatic rings. The van der Waals surface area contributed by atoms with Crippen LogP contribution in [-0.4, -0.2) is 22.0 Å². The smallest absolute Gasteiger partial charge is 0.223 e. The lowest BCUT2D eigenvalue weighted by molar-refractivity contribution is 0.460. The Morgan fingerprint density at radius 2 is 2.12 bits per heavy atom. The molecule has 7 N–H and O–H groups in total. The minimum atomic E-state index is -0.824. The number of nitrogen functional groups attached to an aromatic ring is 2. The molecule has 0 fully saturated rings. The van der Waals surface area contributed by atoms with Crippen LogP contribution in [0.3, 0.4) is 0 Å². The summed E-state index contributed by atoms with van der Waals surface area (Å²) in [5.41, 5.74) is 17.9. The predicted octanol–water partition coefficient (Wildman–Crippen LogP) is -0.102. The van der Waals surface area contributed by atoms with Crippen LogP contribution in [0.2, 0.25) is 0 Å². The van der Waals surface area contributed by atoms with Crippen LogP contribution in [0.25, 0.3) is 0 Å². The summed E-state index contributed by atoms with van der Waals surface area (Å²) in [6.45, 7) is 2.03. The number of nitrogens with zero attached hydrogens (tertiary/aromatic N) is 3. The molecule has 1 atom stereocenters. The molecule has 1 unspecified atom stereocenters. The summed E-state index contributed by atoms with van der Waals surface area (Å²) in [6, 6.07) is 0. The molecule has 1 aromatic heterocycles. The Kier molecular flexibility index (Phi) is 2.39. The molecular formula is C9H15N7. The Bertz CT molecular complexity index is 442. The first-order valence-electron chi connectivity index (χ1n) is 5.09. The number of anilines is 3. The second-order valence-corrected chi connectivity index (χ2v) is 3.79. The normalized spacial score (nSPS) is 22.6. The van der Waals surface area contributed by atoms with Gasteiger partial charge in [0.2, 0.25) is 5.95 Å². The van der Waals surface area contributed by atoms with Crippen molar-refractivity contribution < 1.29 is 0 Å². The van der Waals surface area contributed by atoms with Gasteiger partial charge in [-0.2, -0.15) is 9.97 Å². The maximum absolute atomic E-state index is 6.03. The third-order valence-corrected chi connectivity index (χ3v) is 2.38. The number of aromatic nitrogens is 2. The molecule has 0 aromatic carbocycles. The molecule has 7 nitrogen and oxygen atoms in total. The summed E-state index contributed by atoms with van der Waals surface area (Å²) < 4.78 is 0. The van der Waals surface area contributed by atoms with E-state index in [1.807, 2.05) is 6.92 Å². The molecule has 2 heterocycles. The van der Waals surface area contributed by atoms with Gasteiger partial charge in [0, 0.05) is 12.6 Å². The monoisotopic (exact) mass is 221 g/mol. The molecule has 0 radical (unpaired) electrons. The van der Waals surface area contributed by atoms with Gasteiger partial charge in [0.15, 0.2) is 5.79 Å². The van der Waals surface area contributed by atoms with Gasteiger partial charge in [-0.15, -0.1) is 0 Å². The summed E-state index contributed by atoms with van der Waals surface area (Å²) in [5, 5.41) is 3.02. The first kappa shape index (κ1) is 10.6. The number of aliphatic imine (C=N–C) groups is 1. The molecule has 0 saturated heterocycles. The van der Waals surface area contributed by atoms with Crippen molar-refractivity contribution in [2.24, 2.45) is 10.7 Å². The van der Waals surface area contributed by atoms with E-state index in [-0.39, 0.29) is 5.95 Å². The highest BCUT2D eigenvalue weighted by Gasteiger charge is 2.28. The van der Waals surface area contributed by atoms with Gasteiger partial charge in [0.25, 0.3) is 0 Å². The Morgan fingerprint density at radius 3 is 2.81 bits per heavy atom. The molecule has 2 rings (SSSR count). The standard InChI is InChI=1S/C9H15N7/c1-2-3-9(12)13-4-5-6(10)14-8(11)15-7(5)16-9/h4H,2-3,12H2,1H3,(H5,10,11,14,15,16). The molecule has 86 valence electrons. The Balaban J connectivity index is 2.40. The fraction of sp³-hybridized carbons (Fsp3) is 0.444. The summed E-state index contributed by atoms with van der Waals surface area (Å²) in [6.07, 6.45) is 3.20. The largest absolute Gasteiger partial charge is 0.383 e. The average molecular weight is 221 g/mol. The number of hydrogen-bond donors (Lipinski definition) is 4. The van der Waals surface area contributed by atoms with Crippen LogP contribution in [0, 0.1) is 0 Å². The molecule has 0 spiro atoms. The summed E-state index contributed by atoms with van der Waals surface area (Å²) >= 11 is 0. The Labute approximate surface area is 93.2 Å². The van der Waals surface area contributed by atoms with Gasteiger partial charge in [-0.05, 0) is 0 Å². The van der Waals surface area contributed by atoms with E-state index >= 15 is 0 Å². The van der Waals surface area contributed by atoms with Crippen molar-refractivity contribution in [3.63, 3.8) is 0 Å². The van der Waals surface area contributed by atoms with Crippen molar-refractivity contribution in [1.29, 1.82) is 0 Å². The molecule has 0 aliphatic carbocycles. The molecule has 0 saturated carbocycles. The van der Waals surface area contributed by atoms with Crippen molar-refractivity contribution in [2.75, 3.05) is 16.8 Å². The summed E-state index contributed by atoms with van der Waals surface area (Å²) in [5.74, 6) is 0.140. The zero-order valence-electron chi connectivity index (χ0n) is 9.07. The van der Waals surface area contributed by atoms with E-state index < -0.39 is 5.79 Å². The van der Waals surface area contributed by atoms with Gasteiger partial charge in [0.1, 0.15) is 11.6 Å². The first-order valence-corrected chi connectivity index (χ1v) is 5.09. The maximum Gasteiger partial charge on any atom is 0.223 e. The van der Waals surface area contributed by atoms with Gasteiger partial charge in [-0.1, -0.05) is 13.3 Å². The topological polar surface area (TPSA) is 128 Å². The summed E-state index contributed by atoms with van der Waals surface area (Å²) in [7, 11) is 0. The molecule has 1 aliphatic heterocycles. The number of hydrogen-bond acceptors (Lipinski definition) is 7. The molecule has 7 heteroatoms. The van der Waals surface area contributed by atoms with Gasteiger partial charge < -0.3 is 16.8 Å². The fourth-order valence-corrected chi connectivity index (χ4v) is 1.65. The second-order valence-electron chi connectivity index (χ2n) is 3.79. The summed E-state index contributed by atoms with van der Waals surface area (Å²) in [4.78, 5) is 12.1. The van der Waals surface area contributed by atoms with E-state index in [4.69, 9.17) is 17.2 Å². The van der Waals surface area contributed by atoms with Crippen LogP contribution in [0.15, 0.2) is 4.99 Å². The molecule has 1 aromatic rings.